The van der Waals surface area contributed by atoms with E-state index in [0.29, 0.717) is 13.2 Å². The van der Waals surface area contributed by atoms with E-state index in [1.165, 1.54) is 89.9 Å². The fraction of sp³-hybridized carbons (Fsp3) is 1.00. The molecule has 1 atom stereocenters. The minimum absolute atomic E-state index is 0.321. The molecule has 0 aromatic carbocycles. The Morgan fingerprint density at radius 3 is 1.34 bits per heavy atom. The van der Waals surface area contributed by atoms with Gasteiger partial charge in [-0.3, -0.25) is 0 Å². The van der Waals surface area contributed by atoms with Crippen LogP contribution in [0.15, 0.2) is 0 Å². The van der Waals surface area contributed by atoms with Crippen LogP contribution in [0.2, 0.25) is 22.3 Å². The van der Waals surface area contributed by atoms with Crippen LogP contribution < -0.4 is 0 Å². The average Bonchev–Trinajstić information content (AvgIpc) is 2.63. The van der Waals surface area contributed by atoms with Crippen molar-refractivity contribution < 1.29 is 18.5 Å². The zero-order valence-corrected chi connectivity index (χ0v) is 22.8. The normalized spacial score (nSPS) is 14.2. The number of unbranched alkanes of at least 4 members (excludes halogenated alkanes) is 15. The summed E-state index contributed by atoms with van der Waals surface area (Å²) in [6.07, 6.45) is 21.1. The van der Waals surface area contributed by atoms with E-state index >= 15 is 0 Å². The van der Waals surface area contributed by atoms with E-state index in [9.17, 15) is 9.46 Å². The molecule has 0 aliphatic carbocycles. The van der Waals surface area contributed by atoms with Crippen LogP contribution in [0.5, 0.6) is 0 Å². The summed E-state index contributed by atoms with van der Waals surface area (Å²) in [7, 11) is -3.84. The number of phosphoric acid groups is 1. The van der Waals surface area contributed by atoms with Gasteiger partial charge >= 0.3 is 114 Å². The van der Waals surface area contributed by atoms with Gasteiger partial charge < -0.3 is 0 Å². The Kier molecular flexibility index (Phi) is 19.8. The number of phosphoric ester groups is 1. The molecule has 0 aliphatic heterocycles. The van der Waals surface area contributed by atoms with Gasteiger partial charge in [0.2, 0.25) is 0 Å². The van der Waals surface area contributed by atoms with E-state index in [4.69, 9.17) is 9.05 Å². The topological polar surface area (TPSA) is 55.8 Å². The van der Waals surface area contributed by atoms with Crippen molar-refractivity contribution in [1.82, 2.24) is 0 Å². The maximum absolute atomic E-state index is 11.8. The first-order chi connectivity index (χ1) is 13.8. The fourth-order valence-corrected chi connectivity index (χ4v) is 5.71. The Balaban J connectivity index is 3.28. The fourth-order valence-electron chi connectivity index (χ4n) is 3.30. The van der Waals surface area contributed by atoms with Crippen LogP contribution in [0.1, 0.15) is 110 Å². The summed E-state index contributed by atoms with van der Waals surface area (Å²) in [6, 6.07) is 0. The first-order valence-electron chi connectivity index (χ1n) is 12.2. The standard InChI is InChI=1S/C23H50AsO4P/c1-5-6-7-8-9-10-11-12-13-14-15-16-17-18-19-20-22-27-29(25,26)28-23-21-24(2,3)4/h5-23H2,1-4H3/p+1. The van der Waals surface area contributed by atoms with E-state index in [1.807, 2.05) is 0 Å². The van der Waals surface area contributed by atoms with Gasteiger partial charge in [0.25, 0.3) is 0 Å². The van der Waals surface area contributed by atoms with Crippen molar-refractivity contribution in [3.8, 4) is 0 Å². The van der Waals surface area contributed by atoms with Crippen LogP contribution in [0.3, 0.4) is 0 Å². The number of hydrogen-bond acceptors (Lipinski definition) is 3. The molecule has 0 aromatic rings. The van der Waals surface area contributed by atoms with Crippen molar-refractivity contribution in [2.75, 3.05) is 13.2 Å². The van der Waals surface area contributed by atoms with Gasteiger partial charge in [0.1, 0.15) is 0 Å². The molecule has 0 bridgehead atoms. The van der Waals surface area contributed by atoms with Gasteiger partial charge in [-0.25, -0.2) is 0 Å². The number of rotatable bonds is 22. The molecule has 0 saturated carbocycles. The predicted octanol–water partition coefficient (Wildman–Crippen LogP) is 8.72. The van der Waals surface area contributed by atoms with Crippen molar-refractivity contribution in [2.45, 2.75) is 132 Å². The molecular weight excluding hydrogens is 446 g/mol. The molecule has 176 valence electrons. The van der Waals surface area contributed by atoms with E-state index in [0.717, 1.165) is 18.1 Å². The summed E-state index contributed by atoms with van der Waals surface area (Å²) >= 11 is -1.57. The Bertz CT molecular complexity index is 399. The molecule has 6 heteroatoms. The quantitative estimate of drug-likeness (QED) is 0.0923. The predicted molar refractivity (Wildman–Crippen MR) is 129 cm³/mol. The number of hydrogen-bond donors (Lipinski definition) is 1. The third kappa shape index (κ3) is 24.8. The van der Waals surface area contributed by atoms with Crippen molar-refractivity contribution in [3.63, 3.8) is 0 Å². The molecule has 0 fully saturated rings. The molecule has 29 heavy (non-hydrogen) atoms. The van der Waals surface area contributed by atoms with Crippen molar-refractivity contribution >= 4 is 21.4 Å². The second-order valence-corrected chi connectivity index (χ2v) is 21.5. The van der Waals surface area contributed by atoms with Crippen LogP contribution in [0.25, 0.3) is 0 Å². The molecule has 1 N–H and O–H groups in total. The first-order valence-corrected chi connectivity index (χ1v) is 20.6. The molecule has 0 aliphatic rings. The molecule has 0 aromatic heterocycles. The van der Waals surface area contributed by atoms with Crippen LogP contribution >= 0.6 is 7.82 Å². The molecule has 0 saturated heterocycles. The summed E-state index contributed by atoms with van der Waals surface area (Å²) in [5, 5.41) is 0.908. The van der Waals surface area contributed by atoms with Gasteiger partial charge in [0, 0.05) is 0 Å². The van der Waals surface area contributed by atoms with E-state index in [-0.39, 0.29) is 0 Å². The van der Waals surface area contributed by atoms with E-state index in [1.54, 1.807) is 0 Å². The van der Waals surface area contributed by atoms with E-state index in [2.05, 4.69) is 24.1 Å². The first kappa shape index (κ1) is 29.7. The van der Waals surface area contributed by atoms with Gasteiger partial charge in [-0.1, -0.05) is 71.1 Å². The summed E-state index contributed by atoms with van der Waals surface area (Å²) in [6.45, 7) is 2.93. The van der Waals surface area contributed by atoms with Crippen LogP contribution in [0.4, 0.5) is 0 Å². The molecule has 4 nitrogen and oxygen atoms in total. The van der Waals surface area contributed by atoms with Gasteiger partial charge in [-0.15, -0.1) is 0 Å². The Morgan fingerprint density at radius 1 is 0.621 bits per heavy atom. The monoisotopic (exact) mass is 497 g/mol. The van der Waals surface area contributed by atoms with Gasteiger partial charge in [0.05, 0.1) is 0 Å². The summed E-state index contributed by atoms with van der Waals surface area (Å²) in [5.74, 6) is 0. The van der Waals surface area contributed by atoms with Gasteiger partial charge in [-0.2, -0.15) is 0 Å². The molecule has 0 spiro atoms. The van der Waals surface area contributed by atoms with Crippen LogP contribution in [-0.2, 0) is 13.6 Å². The van der Waals surface area contributed by atoms with Crippen LogP contribution in [-0.4, -0.2) is 31.7 Å². The molecule has 0 rings (SSSR count). The molecule has 0 heterocycles. The Morgan fingerprint density at radius 2 is 0.966 bits per heavy atom. The second kappa shape index (κ2) is 19.4. The summed E-state index contributed by atoms with van der Waals surface area (Å²) in [5.41, 5.74) is 6.75. The zero-order valence-electron chi connectivity index (χ0n) is 20.0. The summed E-state index contributed by atoms with van der Waals surface area (Å²) < 4.78 is 21.9. The van der Waals surface area contributed by atoms with E-state index < -0.39 is 21.4 Å². The molecule has 1 unspecified atom stereocenters. The molecular formula is C23H51AsO4P+. The summed E-state index contributed by atoms with van der Waals surface area (Å²) in [4.78, 5) is 9.67. The second-order valence-electron chi connectivity index (χ2n) is 9.45. The third-order valence-electron chi connectivity index (χ3n) is 5.27. The average molecular weight is 498 g/mol. The Hall–Kier alpha value is 0.668. The molecule has 0 radical (unpaired) electrons. The SMILES string of the molecule is CCCCCCCCCCCCCCCCCCOP(=O)(O)OCC[As+](C)(C)C. The molecule has 0 amide bonds. The van der Waals surface area contributed by atoms with Crippen molar-refractivity contribution in [3.05, 3.63) is 0 Å². The van der Waals surface area contributed by atoms with Crippen molar-refractivity contribution in [2.24, 2.45) is 0 Å². The third-order valence-corrected chi connectivity index (χ3v) is 9.48. The van der Waals surface area contributed by atoms with Gasteiger partial charge in [0.15, 0.2) is 0 Å². The minimum atomic E-state index is -3.84. The zero-order chi connectivity index (χ0) is 21.8. The Labute approximate surface area is 185 Å². The maximum atomic E-state index is 11.8. The van der Waals surface area contributed by atoms with Crippen molar-refractivity contribution in [1.29, 1.82) is 0 Å². The van der Waals surface area contributed by atoms with Crippen LogP contribution in [0, 0.1) is 0 Å². The van der Waals surface area contributed by atoms with Gasteiger partial charge in [-0.05, 0) is 0 Å².